The minimum absolute atomic E-state index is 0.527. The van der Waals surface area contributed by atoms with Crippen LogP contribution in [0.15, 0.2) is 0 Å². The summed E-state index contributed by atoms with van der Waals surface area (Å²) in [4.78, 5) is 2.65. The molecule has 0 aliphatic heterocycles. The zero-order chi connectivity index (χ0) is 11.3. The molecular weight excluding hydrogens is 186 g/mol. The lowest BCUT2D eigenvalue weighted by Crippen LogP contribution is -2.41. The number of hydrogen-bond acceptors (Lipinski definition) is 2. The molecule has 15 heavy (non-hydrogen) atoms. The monoisotopic (exact) mass is 213 g/mol. The van der Waals surface area contributed by atoms with Gasteiger partial charge in [0.1, 0.15) is 0 Å². The van der Waals surface area contributed by atoms with Crippen LogP contribution in [0.4, 0.5) is 0 Å². The van der Waals surface area contributed by atoms with Gasteiger partial charge in [0.15, 0.2) is 0 Å². The Hall–Kier alpha value is -0.0800. The lowest BCUT2D eigenvalue weighted by molar-refractivity contribution is 0.0370. The van der Waals surface area contributed by atoms with E-state index in [-0.39, 0.29) is 0 Å². The topological polar surface area (TPSA) is 12.5 Å². The highest BCUT2D eigenvalue weighted by molar-refractivity contribution is 4.79. The SMILES string of the molecule is CCN(CC(C)C)[C@H]1CC[C@H](OC)CC1. The predicted octanol–water partition coefficient (Wildman–Crippen LogP) is 2.92. The highest BCUT2D eigenvalue weighted by Crippen LogP contribution is 2.25. The molecule has 0 aromatic carbocycles. The molecule has 90 valence electrons. The van der Waals surface area contributed by atoms with E-state index in [1.807, 2.05) is 7.11 Å². The maximum atomic E-state index is 5.42. The largest absolute Gasteiger partial charge is 0.381 e. The van der Waals surface area contributed by atoms with Gasteiger partial charge in [0.05, 0.1) is 6.10 Å². The molecule has 2 nitrogen and oxygen atoms in total. The highest BCUT2D eigenvalue weighted by Gasteiger charge is 2.24. The molecule has 0 bridgehead atoms. The fraction of sp³-hybridized carbons (Fsp3) is 1.00. The number of rotatable bonds is 5. The van der Waals surface area contributed by atoms with Gasteiger partial charge in [0.25, 0.3) is 0 Å². The normalized spacial score (nSPS) is 27.6. The third kappa shape index (κ3) is 4.12. The quantitative estimate of drug-likeness (QED) is 0.696. The van der Waals surface area contributed by atoms with Gasteiger partial charge < -0.3 is 9.64 Å². The molecule has 0 saturated heterocycles. The van der Waals surface area contributed by atoms with Crippen molar-refractivity contribution in [2.75, 3.05) is 20.2 Å². The van der Waals surface area contributed by atoms with Crippen LogP contribution in [0.3, 0.4) is 0 Å². The second kappa shape index (κ2) is 6.49. The van der Waals surface area contributed by atoms with E-state index in [0.29, 0.717) is 6.10 Å². The van der Waals surface area contributed by atoms with Gasteiger partial charge in [-0.15, -0.1) is 0 Å². The van der Waals surface area contributed by atoms with Crippen molar-refractivity contribution in [2.45, 2.75) is 58.6 Å². The molecule has 0 heterocycles. The second-order valence-corrected chi connectivity index (χ2v) is 5.15. The first-order valence-corrected chi connectivity index (χ1v) is 6.44. The smallest absolute Gasteiger partial charge is 0.0572 e. The lowest BCUT2D eigenvalue weighted by atomic mass is 9.91. The minimum atomic E-state index is 0.527. The molecule has 1 fully saturated rings. The fourth-order valence-electron chi connectivity index (χ4n) is 2.65. The second-order valence-electron chi connectivity index (χ2n) is 5.15. The van der Waals surface area contributed by atoms with Crippen molar-refractivity contribution in [1.82, 2.24) is 4.90 Å². The summed E-state index contributed by atoms with van der Waals surface area (Å²) in [6, 6.07) is 0.809. The van der Waals surface area contributed by atoms with Crippen LogP contribution in [0.2, 0.25) is 0 Å². The summed E-state index contributed by atoms with van der Waals surface area (Å²) in [6.45, 7) is 9.34. The van der Waals surface area contributed by atoms with Crippen LogP contribution in [0.25, 0.3) is 0 Å². The molecular formula is C13H27NO. The van der Waals surface area contributed by atoms with E-state index in [4.69, 9.17) is 4.74 Å². The summed E-state index contributed by atoms with van der Waals surface area (Å²) in [5.41, 5.74) is 0. The Morgan fingerprint density at radius 1 is 1.20 bits per heavy atom. The van der Waals surface area contributed by atoms with Crippen LogP contribution < -0.4 is 0 Å². The Kier molecular flexibility index (Phi) is 5.62. The Morgan fingerprint density at radius 2 is 1.80 bits per heavy atom. The van der Waals surface area contributed by atoms with Gasteiger partial charge >= 0.3 is 0 Å². The van der Waals surface area contributed by atoms with E-state index in [2.05, 4.69) is 25.7 Å². The standard InChI is InChI=1S/C13H27NO/c1-5-14(10-11(2)3)12-6-8-13(15-4)9-7-12/h11-13H,5-10H2,1-4H3/t12-,13-. The van der Waals surface area contributed by atoms with Crippen molar-refractivity contribution >= 4 is 0 Å². The van der Waals surface area contributed by atoms with Crippen molar-refractivity contribution in [3.8, 4) is 0 Å². The summed E-state index contributed by atoms with van der Waals surface area (Å²) in [6.07, 6.45) is 5.66. The maximum absolute atomic E-state index is 5.42. The van der Waals surface area contributed by atoms with Crippen LogP contribution in [0, 0.1) is 5.92 Å². The van der Waals surface area contributed by atoms with Crippen LogP contribution >= 0.6 is 0 Å². The molecule has 0 aromatic rings. The Morgan fingerprint density at radius 3 is 2.20 bits per heavy atom. The molecule has 1 aliphatic rings. The Balaban J connectivity index is 2.35. The molecule has 0 amide bonds. The van der Waals surface area contributed by atoms with Crippen molar-refractivity contribution in [3.05, 3.63) is 0 Å². The molecule has 1 saturated carbocycles. The first-order chi connectivity index (χ1) is 7.17. The highest BCUT2D eigenvalue weighted by atomic mass is 16.5. The van der Waals surface area contributed by atoms with Gasteiger partial charge in [-0.3, -0.25) is 0 Å². The van der Waals surface area contributed by atoms with E-state index < -0.39 is 0 Å². The number of nitrogens with zero attached hydrogens (tertiary/aromatic N) is 1. The van der Waals surface area contributed by atoms with E-state index >= 15 is 0 Å². The fourth-order valence-corrected chi connectivity index (χ4v) is 2.65. The Bertz CT molecular complexity index is 162. The van der Waals surface area contributed by atoms with Gasteiger partial charge in [-0.1, -0.05) is 20.8 Å². The van der Waals surface area contributed by atoms with Gasteiger partial charge in [0, 0.05) is 19.7 Å². The van der Waals surface area contributed by atoms with Crippen LogP contribution in [-0.4, -0.2) is 37.2 Å². The molecule has 0 radical (unpaired) electrons. The number of methoxy groups -OCH3 is 1. The third-order valence-electron chi connectivity index (χ3n) is 3.50. The summed E-state index contributed by atoms with van der Waals surface area (Å²) >= 11 is 0. The molecule has 0 N–H and O–H groups in total. The molecule has 1 rings (SSSR count). The zero-order valence-electron chi connectivity index (χ0n) is 10.8. The predicted molar refractivity (Wildman–Crippen MR) is 65.1 cm³/mol. The Labute approximate surface area is 95.0 Å². The maximum Gasteiger partial charge on any atom is 0.0572 e. The molecule has 0 atom stereocenters. The lowest BCUT2D eigenvalue weighted by Gasteiger charge is -2.36. The average molecular weight is 213 g/mol. The molecule has 0 spiro atoms. The average Bonchev–Trinajstić information content (AvgIpc) is 2.26. The van der Waals surface area contributed by atoms with Gasteiger partial charge in [-0.05, 0) is 38.1 Å². The summed E-state index contributed by atoms with van der Waals surface area (Å²) in [7, 11) is 1.84. The van der Waals surface area contributed by atoms with Gasteiger partial charge in [0.2, 0.25) is 0 Å². The van der Waals surface area contributed by atoms with Crippen molar-refractivity contribution in [1.29, 1.82) is 0 Å². The third-order valence-corrected chi connectivity index (χ3v) is 3.50. The molecule has 1 aliphatic carbocycles. The van der Waals surface area contributed by atoms with Crippen LogP contribution in [0.1, 0.15) is 46.5 Å². The molecule has 0 aromatic heterocycles. The molecule has 0 unspecified atom stereocenters. The van der Waals surface area contributed by atoms with E-state index in [9.17, 15) is 0 Å². The minimum Gasteiger partial charge on any atom is -0.381 e. The van der Waals surface area contributed by atoms with Crippen molar-refractivity contribution < 1.29 is 4.74 Å². The summed E-state index contributed by atoms with van der Waals surface area (Å²) in [5.74, 6) is 0.782. The first kappa shape index (κ1) is 13.0. The van der Waals surface area contributed by atoms with Crippen molar-refractivity contribution in [3.63, 3.8) is 0 Å². The summed E-state index contributed by atoms with van der Waals surface area (Å²) in [5, 5.41) is 0. The van der Waals surface area contributed by atoms with Gasteiger partial charge in [-0.2, -0.15) is 0 Å². The number of hydrogen-bond donors (Lipinski definition) is 0. The van der Waals surface area contributed by atoms with Crippen LogP contribution in [0.5, 0.6) is 0 Å². The summed E-state index contributed by atoms with van der Waals surface area (Å²) < 4.78 is 5.42. The van der Waals surface area contributed by atoms with E-state index in [1.54, 1.807) is 0 Å². The van der Waals surface area contributed by atoms with E-state index in [1.165, 1.54) is 38.8 Å². The van der Waals surface area contributed by atoms with E-state index in [0.717, 1.165) is 12.0 Å². The van der Waals surface area contributed by atoms with Gasteiger partial charge in [-0.25, -0.2) is 0 Å². The van der Waals surface area contributed by atoms with Crippen molar-refractivity contribution in [2.24, 2.45) is 5.92 Å². The molecule has 2 heteroatoms. The zero-order valence-corrected chi connectivity index (χ0v) is 10.8. The van der Waals surface area contributed by atoms with Crippen LogP contribution in [-0.2, 0) is 4.74 Å². The number of ether oxygens (including phenoxy) is 1. The first-order valence-electron chi connectivity index (χ1n) is 6.44.